The van der Waals surface area contributed by atoms with Crippen LogP contribution in [-0.4, -0.2) is 26.3 Å². The van der Waals surface area contributed by atoms with Crippen molar-refractivity contribution in [3.63, 3.8) is 0 Å². The van der Waals surface area contributed by atoms with Crippen LogP contribution in [0.4, 0.5) is 0 Å². The van der Waals surface area contributed by atoms with Crippen molar-refractivity contribution < 1.29 is 0 Å². The molecule has 1 heterocycles. The molecule has 0 saturated heterocycles. The average molecular weight is 173 g/mol. The van der Waals surface area contributed by atoms with E-state index >= 15 is 0 Å². The van der Waals surface area contributed by atoms with Crippen LogP contribution < -0.4 is 0 Å². The van der Waals surface area contributed by atoms with Crippen molar-refractivity contribution in [3.05, 3.63) is 41.7 Å². The zero-order valence-electron chi connectivity index (χ0n) is 6.73. The minimum absolute atomic E-state index is 0.297. The molecular weight excluding hydrogens is 166 g/mol. The molecule has 13 heavy (non-hydrogen) atoms. The summed E-state index contributed by atoms with van der Waals surface area (Å²) in [6.45, 7) is 0. The second-order valence-corrected chi connectivity index (χ2v) is 2.49. The molecule has 64 valence electrons. The summed E-state index contributed by atoms with van der Waals surface area (Å²) in [5, 5.41) is 20.7. The van der Waals surface area contributed by atoms with Gasteiger partial charge in [0.15, 0.2) is 5.82 Å². The highest BCUT2D eigenvalue weighted by atomic mass is 15.5. The number of tetrazole rings is 1. The quantitative estimate of drug-likeness (QED) is 0.653. The number of rotatable bonds is 2. The van der Waals surface area contributed by atoms with Gasteiger partial charge in [0.05, 0.1) is 0 Å². The number of aromatic nitrogens is 4. The first kappa shape index (κ1) is 7.60. The number of hydrogen-bond acceptors (Lipinski definition) is 4. The van der Waals surface area contributed by atoms with Gasteiger partial charge in [-0.1, -0.05) is 30.3 Å². The van der Waals surface area contributed by atoms with Crippen molar-refractivity contribution in [2.24, 2.45) is 0 Å². The van der Waals surface area contributed by atoms with Crippen LogP contribution >= 0.6 is 0 Å². The van der Waals surface area contributed by atoms with Gasteiger partial charge in [-0.25, -0.2) is 5.10 Å². The van der Waals surface area contributed by atoms with E-state index < -0.39 is 0 Å². The molecule has 2 aromatic rings. The maximum Gasteiger partial charge on any atom is 0.197 e. The third kappa shape index (κ3) is 1.44. The predicted molar refractivity (Wildman–Crippen MR) is 46.6 cm³/mol. The first-order valence-corrected chi connectivity index (χ1v) is 3.76. The van der Waals surface area contributed by atoms with Gasteiger partial charge in [-0.15, -0.1) is 5.10 Å². The molecule has 0 saturated carbocycles. The van der Waals surface area contributed by atoms with Crippen LogP contribution in [0.1, 0.15) is 11.4 Å². The van der Waals surface area contributed by atoms with Gasteiger partial charge < -0.3 is 0 Å². The Morgan fingerprint density at radius 2 is 2.00 bits per heavy atom. The second kappa shape index (κ2) is 3.14. The van der Waals surface area contributed by atoms with Gasteiger partial charge in [0, 0.05) is 5.56 Å². The van der Waals surface area contributed by atoms with E-state index in [2.05, 4.69) is 20.6 Å². The lowest BCUT2D eigenvalue weighted by atomic mass is 10.1. The second-order valence-electron chi connectivity index (χ2n) is 2.49. The van der Waals surface area contributed by atoms with Crippen LogP contribution in [0.3, 0.4) is 0 Å². The fraction of sp³-hybridized carbons (Fsp3) is 0. The molecule has 2 N–H and O–H groups in total. The maximum absolute atomic E-state index is 7.71. The lowest BCUT2D eigenvalue weighted by molar-refractivity contribution is 0.881. The van der Waals surface area contributed by atoms with Crippen molar-refractivity contribution >= 4 is 5.71 Å². The molecule has 5 heteroatoms. The molecule has 1 aromatic carbocycles. The first-order valence-electron chi connectivity index (χ1n) is 3.76. The summed E-state index contributed by atoms with van der Waals surface area (Å²) in [7, 11) is 0. The molecule has 0 radical (unpaired) electrons. The monoisotopic (exact) mass is 173 g/mol. The Kier molecular flexibility index (Phi) is 1.84. The van der Waals surface area contributed by atoms with Gasteiger partial charge in [-0.05, 0) is 10.4 Å². The summed E-state index contributed by atoms with van der Waals surface area (Å²) in [6.07, 6.45) is 0. The molecule has 0 spiro atoms. The highest BCUT2D eigenvalue weighted by Gasteiger charge is 2.06. The lowest BCUT2D eigenvalue weighted by Gasteiger charge is -1.97. The average Bonchev–Trinajstić information content (AvgIpc) is 2.71. The number of hydrogen-bond donors (Lipinski definition) is 2. The normalized spacial score (nSPS) is 9.85. The van der Waals surface area contributed by atoms with Crippen molar-refractivity contribution in [1.29, 1.82) is 5.41 Å². The topological polar surface area (TPSA) is 78.3 Å². The number of aromatic amines is 1. The van der Waals surface area contributed by atoms with E-state index in [-0.39, 0.29) is 0 Å². The van der Waals surface area contributed by atoms with E-state index in [4.69, 9.17) is 5.41 Å². The predicted octanol–water partition coefficient (Wildman–Crippen LogP) is 0.616. The van der Waals surface area contributed by atoms with Crippen molar-refractivity contribution in [3.8, 4) is 0 Å². The highest BCUT2D eigenvalue weighted by Crippen LogP contribution is 2.03. The third-order valence-electron chi connectivity index (χ3n) is 1.64. The largest absolute Gasteiger partial charge is 0.296 e. The maximum atomic E-state index is 7.71. The molecular formula is C8H7N5. The summed E-state index contributed by atoms with van der Waals surface area (Å²) in [5.74, 6) is 0.381. The van der Waals surface area contributed by atoms with E-state index in [1.807, 2.05) is 30.3 Å². The van der Waals surface area contributed by atoms with Crippen LogP contribution in [0.25, 0.3) is 0 Å². The van der Waals surface area contributed by atoms with E-state index in [0.29, 0.717) is 11.5 Å². The van der Waals surface area contributed by atoms with Gasteiger partial charge in [-0.3, -0.25) is 5.41 Å². The molecule has 0 atom stereocenters. The van der Waals surface area contributed by atoms with E-state index in [0.717, 1.165) is 5.56 Å². The fourth-order valence-electron chi connectivity index (χ4n) is 1.01. The molecule has 2 rings (SSSR count). The van der Waals surface area contributed by atoms with Crippen molar-refractivity contribution in [2.75, 3.05) is 0 Å². The van der Waals surface area contributed by atoms with E-state index in [1.54, 1.807) is 0 Å². The van der Waals surface area contributed by atoms with Gasteiger partial charge in [0.2, 0.25) is 0 Å². The number of nitrogens with one attached hydrogen (secondary N) is 2. The molecule has 1 aromatic heterocycles. The summed E-state index contributed by atoms with van der Waals surface area (Å²) in [5.41, 5.74) is 1.09. The van der Waals surface area contributed by atoms with Crippen LogP contribution in [0.15, 0.2) is 30.3 Å². The van der Waals surface area contributed by atoms with Gasteiger partial charge >= 0.3 is 0 Å². The Morgan fingerprint density at radius 1 is 1.23 bits per heavy atom. The summed E-state index contributed by atoms with van der Waals surface area (Å²) in [6, 6.07) is 9.31. The zero-order chi connectivity index (χ0) is 9.10. The third-order valence-corrected chi connectivity index (χ3v) is 1.64. The lowest BCUT2D eigenvalue weighted by Crippen LogP contribution is -2.03. The molecule has 5 nitrogen and oxygen atoms in total. The highest BCUT2D eigenvalue weighted by molar-refractivity contribution is 6.08. The Morgan fingerprint density at radius 3 is 2.62 bits per heavy atom. The Bertz CT molecular complexity index is 392. The fourth-order valence-corrected chi connectivity index (χ4v) is 1.01. The minimum Gasteiger partial charge on any atom is -0.296 e. The van der Waals surface area contributed by atoms with Gasteiger partial charge in [0.1, 0.15) is 5.71 Å². The Balaban J connectivity index is 2.34. The smallest absolute Gasteiger partial charge is 0.197 e. The van der Waals surface area contributed by atoms with Crippen LogP contribution in [0, 0.1) is 5.41 Å². The van der Waals surface area contributed by atoms with Crippen molar-refractivity contribution in [2.45, 2.75) is 0 Å². The van der Waals surface area contributed by atoms with E-state index in [9.17, 15) is 0 Å². The Labute approximate surface area is 74.3 Å². The molecule has 0 aliphatic rings. The number of H-pyrrole nitrogens is 1. The summed E-state index contributed by atoms with van der Waals surface area (Å²) < 4.78 is 0. The molecule has 0 bridgehead atoms. The molecule has 0 amide bonds. The van der Waals surface area contributed by atoms with Gasteiger partial charge in [0.25, 0.3) is 0 Å². The first-order chi connectivity index (χ1) is 6.38. The molecule has 0 aliphatic heterocycles. The Hall–Kier alpha value is -2.04. The van der Waals surface area contributed by atoms with Crippen LogP contribution in [0.2, 0.25) is 0 Å². The zero-order valence-corrected chi connectivity index (χ0v) is 6.73. The molecule has 0 fully saturated rings. The van der Waals surface area contributed by atoms with Crippen molar-refractivity contribution in [1.82, 2.24) is 20.6 Å². The standard InChI is InChI=1S/C8H7N5/c9-7(8-10-12-13-11-8)6-4-2-1-3-5-6/h1-5,9H,(H,10,11,12,13). The number of nitrogens with zero attached hydrogens (tertiary/aromatic N) is 3. The summed E-state index contributed by atoms with van der Waals surface area (Å²) >= 11 is 0. The SMILES string of the molecule is N=C(c1ccccc1)c1nnn[nH]1. The molecule has 0 unspecified atom stereocenters. The van der Waals surface area contributed by atoms with Crippen LogP contribution in [-0.2, 0) is 0 Å². The molecule has 0 aliphatic carbocycles. The number of benzene rings is 1. The van der Waals surface area contributed by atoms with Crippen LogP contribution in [0.5, 0.6) is 0 Å². The van der Waals surface area contributed by atoms with Gasteiger partial charge in [-0.2, -0.15) is 0 Å². The van der Waals surface area contributed by atoms with E-state index in [1.165, 1.54) is 0 Å². The minimum atomic E-state index is 0.297. The summed E-state index contributed by atoms with van der Waals surface area (Å²) in [4.78, 5) is 0.